The van der Waals surface area contributed by atoms with Gasteiger partial charge in [-0.1, -0.05) is 0 Å². The van der Waals surface area contributed by atoms with Crippen molar-refractivity contribution in [1.29, 1.82) is 0 Å². The van der Waals surface area contributed by atoms with Crippen molar-refractivity contribution in [2.24, 2.45) is 7.05 Å². The van der Waals surface area contributed by atoms with Crippen molar-refractivity contribution >= 4 is 11.7 Å². The fourth-order valence-electron chi connectivity index (χ4n) is 3.07. The molecule has 2 aliphatic heterocycles. The highest BCUT2D eigenvalue weighted by Crippen LogP contribution is 2.34. The Morgan fingerprint density at radius 2 is 2.33 bits per heavy atom. The van der Waals surface area contributed by atoms with Crippen LogP contribution in [0.5, 0.6) is 0 Å². The summed E-state index contributed by atoms with van der Waals surface area (Å²) >= 11 is 0. The molecule has 7 nitrogen and oxygen atoms in total. The number of esters is 1. The quantitative estimate of drug-likeness (QED) is 0.812. The van der Waals surface area contributed by atoms with E-state index >= 15 is 0 Å². The Hall–Kier alpha value is -1.60. The van der Waals surface area contributed by atoms with Crippen LogP contribution in [-0.4, -0.2) is 47.3 Å². The maximum absolute atomic E-state index is 12.3. The second-order valence-electron chi connectivity index (χ2n) is 5.83. The molecule has 0 amide bonds. The lowest BCUT2D eigenvalue weighted by Gasteiger charge is -2.36. The van der Waals surface area contributed by atoms with E-state index in [0.717, 1.165) is 6.42 Å². The van der Waals surface area contributed by atoms with Gasteiger partial charge in [0, 0.05) is 32.9 Å². The summed E-state index contributed by atoms with van der Waals surface area (Å²) in [6, 6.07) is 0. The third-order valence-corrected chi connectivity index (χ3v) is 4.25. The van der Waals surface area contributed by atoms with E-state index < -0.39 is 5.97 Å². The second kappa shape index (κ2) is 5.31. The van der Waals surface area contributed by atoms with Crippen molar-refractivity contribution in [3.05, 3.63) is 11.4 Å². The predicted octanol–water partition coefficient (Wildman–Crippen LogP) is 0.806. The van der Waals surface area contributed by atoms with E-state index in [4.69, 9.17) is 19.9 Å². The predicted molar refractivity (Wildman–Crippen MR) is 74.9 cm³/mol. The molecule has 2 aliphatic rings. The summed E-state index contributed by atoms with van der Waals surface area (Å²) in [6.07, 6.45) is 2.07. The summed E-state index contributed by atoms with van der Waals surface area (Å²) in [5.41, 5.74) is 6.95. The van der Waals surface area contributed by atoms with E-state index in [1.165, 1.54) is 4.68 Å². The molecule has 2 N–H and O–H groups in total. The number of carbonyl (C=O) groups is 1. The lowest BCUT2D eigenvalue weighted by Crippen LogP contribution is -2.44. The molecule has 2 unspecified atom stereocenters. The number of nitrogens with two attached hydrogens (primary N) is 1. The molecule has 1 aromatic rings. The zero-order valence-corrected chi connectivity index (χ0v) is 12.4. The van der Waals surface area contributed by atoms with Gasteiger partial charge in [0.1, 0.15) is 6.10 Å². The van der Waals surface area contributed by atoms with Gasteiger partial charge in [0.15, 0.2) is 5.69 Å². The number of nitrogen functional groups attached to an aromatic ring is 1. The number of carbonyl (C=O) groups excluding carboxylic acids is 1. The Morgan fingerprint density at radius 3 is 2.95 bits per heavy atom. The van der Waals surface area contributed by atoms with Gasteiger partial charge in [0.2, 0.25) is 0 Å². The SMILES string of the molecule is Cc1nn(C)c(C(=O)OC2CCOC3(CCOC3)C2)c1N. The van der Waals surface area contributed by atoms with Gasteiger partial charge < -0.3 is 19.9 Å². The molecule has 116 valence electrons. The first-order valence-corrected chi connectivity index (χ1v) is 7.22. The zero-order valence-electron chi connectivity index (χ0n) is 12.4. The van der Waals surface area contributed by atoms with Crippen LogP contribution in [0.2, 0.25) is 0 Å². The molecule has 2 fully saturated rings. The Labute approximate surface area is 123 Å². The fraction of sp³-hybridized carbons (Fsp3) is 0.714. The van der Waals surface area contributed by atoms with Crippen LogP contribution in [-0.2, 0) is 21.3 Å². The van der Waals surface area contributed by atoms with E-state index in [1.807, 2.05) is 0 Å². The van der Waals surface area contributed by atoms with Crippen LogP contribution in [0.1, 0.15) is 35.4 Å². The van der Waals surface area contributed by atoms with Crippen LogP contribution in [0.25, 0.3) is 0 Å². The molecule has 0 saturated carbocycles. The second-order valence-corrected chi connectivity index (χ2v) is 5.83. The monoisotopic (exact) mass is 295 g/mol. The Bertz CT molecular complexity index is 549. The zero-order chi connectivity index (χ0) is 15.0. The normalized spacial score (nSPS) is 29.0. The number of nitrogens with zero attached hydrogens (tertiary/aromatic N) is 2. The molecular formula is C14H21N3O4. The van der Waals surface area contributed by atoms with Crippen LogP contribution < -0.4 is 5.73 Å². The summed E-state index contributed by atoms with van der Waals surface area (Å²) < 4.78 is 18.4. The number of anilines is 1. The minimum atomic E-state index is -0.420. The summed E-state index contributed by atoms with van der Waals surface area (Å²) in [6.45, 7) is 3.63. The van der Waals surface area contributed by atoms with Gasteiger partial charge in [0.25, 0.3) is 0 Å². The maximum atomic E-state index is 12.3. The number of ether oxygens (including phenoxy) is 3. The van der Waals surface area contributed by atoms with Crippen LogP contribution in [0.15, 0.2) is 0 Å². The van der Waals surface area contributed by atoms with Crippen molar-refractivity contribution in [3.8, 4) is 0 Å². The first kappa shape index (κ1) is 14.3. The number of hydrogen-bond donors (Lipinski definition) is 1. The van der Waals surface area contributed by atoms with Crippen molar-refractivity contribution in [1.82, 2.24) is 9.78 Å². The largest absolute Gasteiger partial charge is 0.457 e. The number of aryl methyl sites for hydroxylation is 2. The smallest absolute Gasteiger partial charge is 0.359 e. The van der Waals surface area contributed by atoms with E-state index in [-0.39, 0.29) is 11.7 Å². The standard InChI is InChI=1S/C14H21N3O4/c1-9-11(15)12(17(2)16-9)13(18)21-10-3-5-20-14(7-10)4-6-19-8-14/h10H,3-8,15H2,1-2H3. The Balaban J connectivity index is 1.70. The Kier molecular flexibility index (Phi) is 3.62. The van der Waals surface area contributed by atoms with Crippen molar-refractivity contribution in [2.75, 3.05) is 25.6 Å². The van der Waals surface area contributed by atoms with Crippen LogP contribution in [0.3, 0.4) is 0 Å². The first-order valence-electron chi connectivity index (χ1n) is 7.22. The van der Waals surface area contributed by atoms with E-state index in [9.17, 15) is 4.79 Å². The fourth-order valence-corrected chi connectivity index (χ4v) is 3.07. The van der Waals surface area contributed by atoms with Crippen molar-refractivity contribution in [3.63, 3.8) is 0 Å². The third-order valence-electron chi connectivity index (χ3n) is 4.25. The summed E-state index contributed by atoms with van der Waals surface area (Å²) in [4.78, 5) is 12.3. The van der Waals surface area contributed by atoms with E-state index in [2.05, 4.69) is 5.10 Å². The Morgan fingerprint density at radius 1 is 1.52 bits per heavy atom. The van der Waals surface area contributed by atoms with E-state index in [1.54, 1.807) is 14.0 Å². The lowest BCUT2D eigenvalue weighted by atomic mass is 9.91. The molecule has 0 aliphatic carbocycles. The van der Waals surface area contributed by atoms with Crippen molar-refractivity contribution in [2.45, 2.75) is 37.9 Å². The van der Waals surface area contributed by atoms with Gasteiger partial charge in [-0.05, 0) is 6.92 Å². The minimum Gasteiger partial charge on any atom is -0.457 e. The number of rotatable bonds is 2. The van der Waals surface area contributed by atoms with Gasteiger partial charge in [-0.25, -0.2) is 4.79 Å². The highest BCUT2D eigenvalue weighted by atomic mass is 16.6. The topological polar surface area (TPSA) is 88.6 Å². The molecule has 1 aromatic heterocycles. The molecular weight excluding hydrogens is 274 g/mol. The molecule has 7 heteroatoms. The molecule has 1 spiro atoms. The summed E-state index contributed by atoms with van der Waals surface area (Å²) in [5, 5.41) is 4.14. The number of aromatic nitrogens is 2. The minimum absolute atomic E-state index is 0.164. The van der Waals surface area contributed by atoms with Gasteiger partial charge >= 0.3 is 5.97 Å². The third kappa shape index (κ3) is 2.63. The average Bonchev–Trinajstić information content (AvgIpc) is 2.96. The molecule has 21 heavy (non-hydrogen) atoms. The highest BCUT2D eigenvalue weighted by Gasteiger charge is 2.42. The van der Waals surface area contributed by atoms with E-state index in [0.29, 0.717) is 49.7 Å². The van der Waals surface area contributed by atoms with Crippen molar-refractivity contribution < 1.29 is 19.0 Å². The van der Waals surface area contributed by atoms with Gasteiger partial charge in [-0.3, -0.25) is 4.68 Å². The molecule has 3 rings (SSSR count). The van der Waals surface area contributed by atoms with Crippen LogP contribution >= 0.6 is 0 Å². The molecule has 3 heterocycles. The number of hydrogen-bond acceptors (Lipinski definition) is 6. The summed E-state index contributed by atoms with van der Waals surface area (Å²) in [5.74, 6) is -0.420. The maximum Gasteiger partial charge on any atom is 0.359 e. The molecule has 0 radical (unpaired) electrons. The molecule has 0 bridgehead atoms. The van der Waals surface area contributed by atoms with Crippen LogP contribution in [0, 0.1) is 6.92 Å². The molecule has 0 aromatic carbocycles. The van der Waals surface area contributed by atoms with Gasteiger partial charge in [-0.15, -0.1) is 0 Å². The van der Waals surface area contributed by atoms with Gasteiger partial charge in [0.05, 0.1) is 30.2 Å². The average molecular weight is 295 g/mol. The lowest BCUT2D eigenvalue weighted by molar-refractivity contribution is -0.120. The van der Waals surface area contributed by atoms with Crippen LogP contribution in [0.4, 0.5) is 5.69 Å². The highest BCUT2D eigenvalue weighted by molar-refractivity contribution is 5.93. The first-order chi connectivity index (χ1) is 10.0. The molecule has 2 saturated heterocycles. The van der Waals surface area contributed by atoms with Gasteiger partial charge in [-0.2, -0.15) is 5.10 Å². The summed E-state index contributed by atoms with van der Waals surface area (Å²) in [7, 11) is 1.69. The molecule has 2 atom stereocenters.